The summed E-state index contributed by atoms with van der Waals surface area (Å²) in [5, 5.41) is 3.20. The van der Waals surface area contributed by atoms with Crippen LogP contribution in [0.25, 0.3) is 0 Å². The standard InChI is InChI=1S/C27H36ClN5O5/c28-20-14-19(15-24-26(20)38-17-37-24)7-9-23(34)22(8-6-18-4-2-1-3-5-18)32-27(36)21(31)16-25(35)33(12-10-29)13-11-30/h1-5,14-15,21-22H,6-13,16-17,29-31H2,(H,32,36)/t21-,22-/m0/s1. The van der Waals surface area contributed by atoms with E-state index in [1.54, 1.807) is 12.1 Å². The van der Waals surface area contributed by atoms with Gasteiger partial charge in [0.2, 0.25) is 18.6 Å². The van der Waals surface area contributed by atoms with Gasteiger partial charge in [0, 0.05) is 32.6 Å². The first-order valence-corrected chi connectivity index (χ1v) is 13.1. The predicted molar refractivity (Wildman–Crippen MR) is 145 cm³/mol. The summed E-state index contributed by atoms with van der Waals surface area (Å²) < 4.78 is 10.7. The Kier molecular flexibility index (Phi) is 11.3. The molecule has 0 saturated heterocycles. The van der Waals surface area contributed by atoms with Gasteiger partial charge in [-0.05, 0) is 42.5 Å². The van der Waals surface area contributed by atoms with E-state index in [1.807, 2.05) is 30.3 Å². The van der Waals surface area contributed by atoms with Crippen molar-refractivity contribution in [2.45, 2.75) is 44.2 Å². The van der Waals surface area contributed by atoms with Crippen LogP contribution in [-0.4, -0.2) is 67.6 Å². The van der Waals surface area contributed by atoms with Crippen molar-refractivity contribution in [3.8, 4) is 11.5 Å². The lowest BCUT2D eigenvalue weighted by Crippen LogP contribution is -2.51. The molecule has 1 heterocycles. The first kappa shape index (κ1) is 29.4. The number of Topliss-reactive ketones (excluding diaryl/α,β-unsaturated/α-hetero) is 1. The smallest absolute Gasteiger partial charge is 0.238 e. The average Bonchev–Trinajstić information content (AvgIpc) is 3.39. The van der Waals surface area contributed by atoms with E-state index in [4.69, 9.17) is 38.3 Å². The number of halogens is 1. The third-order valence-electron chi connectivity index (χ3n) is 6.30. The van der Waals surface area contributed by atoms with Crippen molar-refractivity contribution in [1.29, 1.82) is 0 Å². The zero-order valence-corrected chi connectivity index (χ0v) is 22.1. The number of carbonyl (C=O) groups excluding carboxylic acids is 3. The van der Waals surface area contributed by atoms with E-state index < -0.39 is 18.0 Å². The number of nitrogens with one attached hydrogen (secondary N) is 1. The number of rotatable bonds is 15. The SMILES string of the molecule is NCCN(CCN)C(=O)C[C@H](N)C(=O)N[C@@H](CCc1ccccc1)C(=O)CCc1cc(Cl)c2c(c1)OCO2. The van der Waals surface area contributed by atoms with E-state index in [9.17, 15) is 14.4 Å². The number of nitrogens with zero attached hydrogens (tertiary/aromatic N) is 1. The summed E-state index contributed by atoms with van der Waals surface area (Å²) in [6.07, 6.45) is 1.35. The minimum Gasteiger partial charge on any atom is -0.454 e. The van der Waals surface area contributed by atoms with Gasteiger partial charge in [0.15, 0.2) is 17.3 Å². The van der Waals surface area contributed by atoms with Gasteiger partial charge in [-0.3, -0.25) is 14.4 Å². The molecule has 2 aromatic rings. The van der Waals surface area contributed by atoms with Crippen LogP contribution in [0.1, 0.15) is 30.4 Å². The number of carbonyl (C=O) groups is 3. The predicted octanol–water partition coefficient (Wildman–Crippen LogP) is 1.15. The van der Waals surface area contributed by atoms with Crippen molar-refractivity contribution < 1.29 is 23.9 Å². The molecule has 0 radical (unpaired) electrons. The number of nitrogens with two attached hydrogens (primary N) is 3. The summed E-state index contributed by atoms with van der Waals surface area (Å²) in [5.41, 5.74) is 19.1. The molecule has 38 heavy (non-hydrogen) atoms. The lowest BCUT2D eigenvalue weighted by Gasteiger charge is -2.24. The van der Waals surface area contributed by atoms with E-state index in [2.05, 4.69) is 5.32 Å². The summed E-state index contributed by atoms with van der Waals surface area (Å²) in [5.74, 6) is 0.0267. The molecule has 0 fully saturated rings. The molecule has 0 bridgehead atoms. The molecule has 0 saturated carbocycles. The largest absolute Gasteiger partial charge is 0.454 e. The van der Waals surface area contributed by atoms with Gasteiger partial charge in [0.05, 0.1) is 23.5 Å². The summed E-state index contributed by atoms with van der Waals surface area (Å²) in [6.45, 7) is 1.30. The number of aryl methyl sites for hydroxylation is 2. The molecular formula is C27H36ClN5O5. The van der Waals surface area contributed by atoms with Gasteiger partial charge in [0.1, 0.15) is 0 Å². The van der Waals surface area contributed by atoms with Crippen LogP contribution in [0, 0.1) is 0 Å². The summed E-state index contributed by atoms with van der Waals surface area (Å²) in [4.78, 5) is 40.3. The lowest BCUT2D eigenvalue weighted by atomic mass is 9.97. The van der Waals surface area contributed by atoms with Gasteiger partial charge < -0.3 is 36.9 Å². The third kappa shape index (κ3) is 8.42. The molecule has 2 amide bonds. The van der Waals surface area contributed by atoms with E-state index in [0.717, 1.165) is 11.1 Å². The Morgan fingerprint density at radius 2 is 1.71 bits per heavy atom. The molecule has 0 unspecified atom stereocenters. The van der Waals surface area contributed by atoms with Crippen molar-refractivity contribution in [2.24, 2.45) is 17.2 Å². The number of ketones is 1. The van der Waals surface area contributed by atoms with Gasteiger partial charge in [0.25, 0.3) is 0 Å². The second-order valence-electron chi connectivity index (χ2n) is 9.13. The third-order valence-corrected chi connectivity index (χ3v) is 6.58. The van der Waals surface area contributed by atoms with Crippen molar-refractivity contribution in [1.82, 2.24) is 10.2 Å². The fourth-order valence-electron chi connectivity index (χ4n) is 4.24. The van der Waals surface area contributed by atoms with Crippen molar-refractivity contribution in [2.75, 3.05) is 33.0 Å². The zero-order valence-electron chi connectivity index (χ0n) is 21.4. The van der Waals surface area contributed by atoms with Crippen LogP contribution >= 0.6 is 11.6 Å². The molecule has 206 valence electrons. The number of ether oxygens (including phenoxy) is 2. The number of amides is 2. The minimum absolute atomic E-state index is 0.101. The molecule has 3 rings (SSSR count). The molecule has 1 aliphatic heterocycles. The Morgan fingerprint density at radius 1 is 1.00 bits per heavy atom. The molecule has 7 N–H and O–H groups in total. The van der Waals surface area contributed by atoms with E-state index in [0.29, 0.717) is 48.9 Å². The first-order chi connectivity index (χ1) is 18.3. The Balaban J connectivity index is 1.64. The molecule has 11 heteroatoms. The van der Waals surface area contributed by atoms with Crippen LogP contribution < -0.4 is 32.0 Å². The molecule has 0 aliphatic carbocycles. The monoisotopic (exact) mass is 545 g/mol. The molecule has 10 nitrogen and oxygen atoms in total. The number of fused-ring (bicyclic) bond motifs is 1. The topological polar surface area (TPSA) is 163 Å². The van der Waals surface area contributed by atoms with Gasteiger partial charge in [-0.15, -0.1) is 0 Å². The summed E-state index contributed by atoms with van der Waals surface area (Å²) >= 11 is 6.27. The van der Waals surface area contributed by atoms with Crippen LogP contribution in [-0.2, 0) is 27.2 Å². The number of benzene rings is 2. The second-order valence-corrected chi connectivity index (χ2v) is 9.54. The quantitative estimate of drug-likeness (QED) is 0.259. The van der Waals surface area contributed by atoms with Gasteiger partial charge in [-0.1, -0.05) is 41.9 Å². The van der Waals surface area contributed by atoms with E-state index in [-0.39, 0.29) is 44.4 Å². The van der Waals surface area contributed by atoms with Crippen molar-refractivity contribution in [3.05, 3.63) is 58.6 Å². The van der Waals surface area contributed by atoms with Gasteiger partial charge >= 0.3 is 0 Å². The fourth-order valence-corrected chi connectivity index (χ4v) is 4.53. The highest BCUT2D eigenvalue weighted by Gasteiger charge is 2.26. The molecule has 0 spiro atoms. The van der Waals surface area contributed by atoms with Crippen molar-refractivity contribution >= 4 is 29.2 Å². The Bertz CT molecular complexity index is 1090. The fraction of sp³-hybridized carbons (Fsp3) is 0.444. The summed E-state index contributed by atoms with van der Waals surface area (Å²) in [6, 6.07) is 11.4. The normalized spacial score (nSPS) is 13.6. The van der Waals surface area contributed by atoms with Crippen LogP contribution in [0.3, 0.4) is 0 Å². The molecule has 2 aromatic carbocycles. The second kappa shape index (κ2) is 14.7. The average molecular weight is 546 g/mol. The maximum Gasteiger partial charge on any atom is 0.238 e. The molecule has 0 aromatic heterocycles. The van der Waals surface area contributed by atoms with Crippen LogP contribution in [0.4, 0.5) is 0 Å². The van der Waals surface area contributed by atoms with Crippen LogP contribution in [0.5, 0.6) is 11.5 Å². The highest BCUT2D eigenvalue weighted by molar-refractivity contribution is 6.32. The number of hydrogen-bond donors (Lipinski definition) is 4. The number of hydrogen-bond acceptors (Lipinski definition) is 8. The Labute approximate surface area is 227 Å². The highest BCUT2D eigenvalue weighted by atomic mass is 35.5. The van der Waals surface area contributed by atoms with Crippen LogP contribution in [0.15, 0.2) is 42.5 Å². The highest BCUT2D eigenvalue weighted by Crippen LogP contribution is 2.40. The Hall–Kier alpha value is -3.18. The maximum atomic E-state index is 13.3. The zero-order chi connectivity index (χ0) is 27.5. The van der Waals surface area contributed by atoms with Crippen molar-refractivity contribution in [3.63, 3.8) is 0 Å². The summed E-state index contributed by atoms with van der Waals surface area (Å²) in [7, 11) is 0. The minimum atomic E-state index is -1.11. The van der Waals surface area contributed by atoms with E-state index >= 15 is 0 Å². The molecule has 2 atom stereocenters. The van der Waals surface area contributed by atoms with Gasteiger partial charge in [-0.2, -0.15) is 0 Å². The van der Waals surface area contributed by atoms with E-state index in [1.165, 1.54) is 4.90 Å². The first-order valence-electron chi connectivity index (χ1n) is 12.7. The molecule has 1 aliphatic rings. The molecular weight excluding hydrogens is 510 g/mol. The Morgan fingerprint density at radius 3 is 2.39 bits per heavy atom. The lowest BCUT2D eigenvalue weighted by molar-refractivity contribution is -0.135. The van der Waals surface area contributed by atoms with Crippen LogP contribution in [0.2, 0.25) is 5.02 Å². The van der Waals surface area contributed by atoms with Gasteiger partial charge in [-0.25, -0.2) is 0 Å². The maximum absolute atomic E-state index is 13.3.